The summed E-state index contributed by atoms with van der Waals surface area (Å²) in [6, 6.07) is 10.6. The van der Waals surface area contributed by atoms with Crippen molar-refractivity contribution in [3.05, 3.63) is 81.3 Å². The quantitative estimate of drug-likeness (QED) is 0.439. The van der Waals surface area contributed by atoms with E-state index in [4.69, 9.17) is 4.74 Å². The van der Waals surface area contributed by atoms with Crippen LogP contribution in [0.15, 0.2) is 52.4 Å². The number of aromatic nitrogens is 2. The molecule has 3 aromatic rings. The molecule has 9 heteroatoms. The van der Waals surface area contributed by atoms with E-state index in [2.05, 4.69) is 15.3 Å². The Bertz CT molecular complexity index is 1130. The van der Waals surface area contributed by atoms with Gasteiger partial charge in [0.1, 0.15) is 5.75 Å². The van der Waals surface area contributed by atoms with Crippen LogP contribution in [0.25, 0.3) is 0 Å². The van der Waals surface area contributed by atoms with E-state index in [1.54, 1.807) is 14.0 Å². The van der Waals surface area contributed by atoms with Crippen LogP contribution in [0.4, 0.5) is 14.5 Å². The van der Waals surface area contributed by atoms with E-state index in [0.29, 0.717) is 16.6 Å². The number of hydrogen-bond donors (Lipinski definition) is 2. The van der Waals surface area contributed by atoms with E-state index in [1.807, 2.05) is 24.3 Å². The molecule has 156 valence electrons. The Labute approximate surface area is 175 Å². The van der Waals surface area contributed by atoms with E-state index < -0.39 is 23.1 Å². The molecular formula is C21H19F2N3O3S. The Balaban J connectivity index is 1.67. The number of methoxy groups -OCH3 is 1. The molecule has 0 bridgehead atoms. The van der Waals surface area contributed by atoms with Gasteiger partial charge in [0, 0.05) is 28.8 Å². The predicted octanol–water partition coefficient (Wildman–Crippen LogP) is 3.84. The van der Waals surface area contributed by atoms with Gasteiger partial charge in [0.2, 0.25) is 5.91 Å². The lowest BCUT2D eigenvalue weighted by Crippen LogP contribution is -2.23. The second-order valence-corrected chi connectivity index (χ2v) is 7.39. The maximum atomic E-state index is 13.3. The lowest BCUT2D eigenvalue weighted by molar-refractivity contribution is -0.115. The first kappa shape index (κ1) is 21.5. The SMILES string of the molecule is COc1cccc(CSc2nc(C)c(CC(=O)Nc3ccc(F)c(F)c3)c(=O)[nH]2)c1. The zero-order valence-electron chi connectivity index (χ0n) is 16.3. The number of thioether (sulfide) groups is 1. The number of aryl methyl sites for hydroxylation is 1. The molecule has 2 N–H and O–H groups in total. The van der Waals surface area contributed by atoms with E-state index in [0.717, 1.165) is 23.4 Å². The highest BCUT2D eigenvalue weighted by Crippen LogP contribution is 2.22. The van der Waals surface area contributed by atoms with E-state index >= 15 is 0 Å². The number of anilines is 1. The molecule has 0 unspecified atom stereocenters. The zero-order chi connectivity index (χ0) is 21.7. The molecule has 6 nitrogen and oxygen atoms in total. The molecule has 3 rings (SSSR count). The Hall–Kier alpha value is -3.20. The van der Waals surface area contributed by atoms with Crippen LogP contribution in [0.3, 0.4) is 0 Å². The van der Waals surface area contributed by atoms with Crippen LogP contribution in [0.5, 0.6) is 5.75 Å². The summed E-state index contributed by atoms with van der Waals surface area (Å²) in [6.45, 7) is 1.64. The average Bonchev–Trinajstić information content (AvgIpc) is 2.72. The van der Waals surface area contributed by atoms with Gasteiger partial charge in [-0.3, -0.25) is 9.59 Å². The van der Waals surface area contributed by atoms with Gasteiger partial charge in [0.25, 0.3) is 5.56 Å². The highest BCUT2D eigenvalue weighted by atomic mass is 32.2. The van der Waals surface area contributed by atoms with E-state index in [9.17, 15) is 18.4 Å². The predicted molar refractivity (Wildman–Crippen MR) is 111 cm³/mol. The maximum absolute atomic E-state index is 13.3. The van der Waals surface area contributed by atoms with Crippen molar-refractivity contribution in [1.82, 2.24) is 9.97 Å². The van der Waals surface area contributed by atoms with Crippen LogP contribution in [0, 0.1) is 18.6 Å². The van der Waals surface area contributed by atoms with E-state index in [-0.39, 0.29) is 17.7 Å². The highest BCUT2D eigenvalue weighted by molar-refractivity contribution is 7.98. The number of halogens is 2. The van der Waals surface area contributed by atoms with Gasteiger partial charge in [-0.2, -0.15) is 0 Å². The Morgan fingerprint density at radius 1 is 1.20 bits per heavy atom. The Morgan fingerprint density at radius 3 is 2.70 bits per heavy atom. The van der Waals surface area contributed by atoms with Gasteiger partial charge < -0.3 is 15.0 Å². The summed E-state index contributed by atoms with van der Waals surface area (Å²) >= 11 is 1.35. The first-order valence-electron chi connectivity index (χ1n) is 8.96. The first-order chi connectivity index (χ1) is 14.4. The van der Waals surface area contributed by atoms with Crippen molar-refractivity contribution in [1.29, 1.82) is 0 Å². The fourth-order valence-electron chi connectivity index (χ4n) is 2.71. The van der Waals surface area contributed by atoms with Crippen molar-refractivity contribution < 1.29 is 18.3 Å². The fraction of sp³-hybridized carbons (Fsp3) is 0.190. The van der Waals surface area contributed by atoms with Gasteiger partial charge in [0.05, 0.1) is 13.5 Å². The molecule has 1 heterocycles. The highest BCUT2D eigenvalue weighted by Gasteiger charge is 2.14. The van der Waals surface area contributed by atoms with Crippen molar-refractivity contribution >= 4 is 23.4 Å². The third kappa shape index (κ3) is 5.44. The number of carbonyl (C=O) groups excluding carboxylic acids is 1. The summed E-state index contributed by atoms with van der Waals surface area (Å²) in [4.78, 5) is 31.7. The summed E-state index contributed by atoms with van der Waals surface area (Å²) in [7, 11) is 1.59. The van der Waals surface area contributed by atoms with Gasteiger partial charge in [-0.1, -0.05) is 23.9 Å². The van der Waals surface area contributed by atoms with Crippen molar-refractivity contribution in [2.75, 3.05) is 12.4 Å². The zero-order valence-corrected chi connectivity index (χ0v) is 17.1. The number of nitrogens with zero attached hydrogens (tertiary/aromatic N) is 1. The largest absolute Gasteiger partial charge is 0.497 e. The van der Waals surface area contributed by atoms with Gasteiger partial charge >= 0.3 is 0 Å². The van der Waals surface area contributed by atoms with Crippen molar-refractivity contribution in [2.45, 2.75) is 24.3 Å². The molecule has 0 saturated heterocycles. The Morgan fingerprint density at radius 2 is 2.00 bits per heavy atom. The minimum Gasteiger partial charge on any atom is -0.497 e. The molecule has 0 saturated carbocycles. The molecule has 0 aliphatic rings. The lowest BCUT2D eigenvalue weighted by Gasteiger charge is -2.09. The molecular weight excluding hydrogens is 412 g/mol. The number of rotatable bonds is 7. The van der Waals surface area contributed by atoms with Gasteiger partial charge in [-0.15, -0.1) is 0 Å². The molecule has 0 aliphatic heterocycles. The molecule has 30 heavy (non-hydrogen) atoms. The van der Waals surface area contributed by atoms with Gasteiger partial charge in [0.15, 0.2) is 16.8 Å². The second kappa shape index (κ2) is 9.53. The summed E-state index contributed by atoms with van der Waals surface area (Å²) in [5, 5.41) is 2.88. The number of carbonyl (C=O) groups is 1. The van der Waals surface area contributed by atoms with Gasteiger partial charge in [-0.05, 0) is 36.8 Å². The minimum absolute atomic E-state index is 0.103. The van der Waals surface area contributed by atoms with Crippen LogP contribution >= 0.6 is 11.8 Å². The number of amides is 1. The normalized spacial score (nSPS) is 10.7. The molecule has 0 atom stereocenters. The smallest absolute Gasteiger partial charge is 0.255 e. The molecule has 0 aliphatic carbocycles. The third-order valence-electron chi connectivity index (χ3n) is 4.25. The number of H-pyrrole nitrogens is 1. The fourth-order valence-corrected chi connectivity index (χ4v) is 3.56. The summed E-state index contributed by atoms with van der Waals surface area (Å²) in [5.41, 5.74) is 1.32. The lowest BCUT2D eigenvalue weighted by atomic mass is 10.1. The molecule has 2 aromatic carbocycles. The van der Waals surface area contributed by atoms with Crippen LogP contribution < -0.4 is 15.6 Å². The van der Waals surface area contributed by atoms with Crippen molar-refractivity contribution in [2.24, 2.45) is 0 Å². The molecule has 0 radical (unpaired) electrons. The number of hydrogen-bond acceptors (Lipinski definition) is 5. The second-order valence-electron chi connectivity index (χ2n) is 6.43. The van der Waals surface area contributed by atoms with Crippen LogP contribution in [-0.2, 0) is 17.0 Å². The van der Waals surface area contributed by atoms with Gasteiger partial charge in [-0.25, -0.2) is 13.8 Å². The number of benzene rings is 2. The third-order valence-corrected chi connectivity index (χ3v) is 5.20. The van der Waals surface area contributed by atoms with Crippen molar-refractivity contribution in [3.63, 3.8) is 0 Å². The van der Waals surface area contributed by atoms with Crippen LogP contribution in [-0.4, -0.2) is 23.0 Å². The van der Waals surface area contributed by atoms with E-state index in [1.165, 1.54) is 17.8 Å². The number of aromatic amines is 1. The van der Waals surface area contributed by atoms with Crippen LogP contribution in [0.1, 0.15) is 16.8 Å². The summed E-state index contributed by atoms with van der Waals surface area (Å²) in [5.74, 6) is -1.29. The first-order valence-corrected chi connectivity index (χ1v) is 9.94. The monoisotopic (exact) mass is 431 g/mol. The number of nitrogens with one attached hydrogen (secondary N) is 2. The molecule has 1 amide bonds. The molecule has 0 fully saturated rings. The minimum atomic E-state index is -1.07. The maximum Gasteiger partial charge on any atom is 0.255 e. The van der Waals surface area contributed by atoms with Crippen molar-refractivity contribution in [3.8, 4) is 5.75 Å². The number of ether oxygens (including phenoxy) is 1. The molecule has 1 aromatic heterocycles. The standard InChI is InChI=1S/C21H19F2N3O3S/c1-12-16(10-19(27)25-14-6-7-17(22)18(23)9-14)20(28)26-21(24-12)30-11-13-4-3-5-15(8-13)29-2/h3-9H,10-11H2,1-2H3,(H,25,27)(H,24,26,28). The molecule has 0 spiro atoms. The summed E-state index contributed by atoms with van der Waals surface area (Å²) in [6.07, 6.45) is -0.242. The summed E-state index contributed by atoms with van der Waals surface area (Å²) < 4.78 is 31.4. The average molecular weight is 431 g/mol. The topological polar surface area (TPSA) is 84.1 Å². The van der Waals surface area contributed by atoms with Crippen LogP contribution in [0.2, 0.25) is 0 Å². The Kier molecular flexibility index (Phi) is 6.83.